The monoisotopic (exact) mass is 235 g/mol. The number of aromatic nitrogens is 1. The minimum atomic E-state index is -0.298. The maximum Gasteiger partial charge on any atom is 0.0791 e. The van der Waals surface area contributed by atoms with Gasteiger partial charge >= 0.3 is 0 Å². The first kappa shape index (κ1) is 12.5. The molecule has 2 heterocycles. The molecular formula is C13H21N3O. The van der Waals surface area contributed by atoms with E-state index in [0.717, 1.165) is 13.1 Å². The smallest absolute Gasteiger partial charge is 0.0791 e. The summed E-state index contributed by atoms with van der Waals surface area (Å²) in [5.74, 6) is 0. The summed E-state index contributed by atoms with van der Waals surface area (Å²) >= 11 is 0. The molecule has 1 fully saturated rings. The molecule has 2 rings (SSSR count). The van der Waals surface area contributed by atoms with Gasteiger partial charge in [-0.25, -0.2) is 0 Å². The summed E-state index contributed by atoms with van der Waals surface area (Å²) in [5, 5.41) is 13.1. The van der Waals surface area contributed by atoms with Gasteiger partial charge < -0.3 is 10.4 Å². The van der Waals surface area contributed by atoms with E-state index in [1.54, 1.807) is 6.20 Å². The largest absolute Gasteiger partial charge is 0.390 e. The fraction of sp³-hybridized carbons (Fsp3) is 0.615. The molecule has 2 N–H and O–H groups in total. The summed E-state index contributed by atoms with van der Waals surface area (Å²) in [6, 6.07) is 4.03. The van der Waals surface area contributed by atoms with Crippen molar-refractivity contribution >= 4 is 0 Å². The van der Waals surface area contributed by atoms with Gasteiger partial charge in [0.15, 0.2) is 0 Å². The van der Waals surface area contributed by atoms with Crippen LogP contribution in [0.3, 0.4) is 0 Å². The second kappa shape index (κ2) is 5.12. The molecular weight excluding hydrogens is 214 g/mol. The van der Waals surface area contributed by atoms with Crippen LogP contribution in [0.5, 0.6) is 0 Å². The average Bonchev–Trinajstić information content (AvgIpc) is 2.40. The zero-order chi connectivity index (χ0) is 12.3. The Kier molecular flexibility index (Phi) is 3.76. The van der Waals surface area contributed by atoms with Crippen molar-refractivity contribution in [3.63, 3.8) is 0 Å². The van der Waals surface area contributed by atoms with Gasteiger partial charge in [-0.2, -0.15) is 0 Å². The molecule has 0 radical (unpaired) electrons. The zero-order valence-electron chi connectivity index (χ0n) is 10.6. The van der Waals surface area contributed by atoms with Crippen LogP contribution in [0.4, 0.5) is 0 Å². The molecule has 0 spiro atoms. The van der Waals surface area contributed by atoms with E-state index >= 15 is 0 Å². The van der Waals surface area contributed by atoms with Crippen LogP contribution in [0, 0.1) is 0 Å². The van der Waals surface area contributed by atoms with E-state index in [0.29, 0.717) is 13.1 Å². The van der Waals surface area contributed by atoms with Gasteiger partial charge in [0.2, 0.25) is 0 Å². The lowest BCUT2D eigenvalue weighted by Crippen LogP contribution is -2.48. The van der Waals surface area contributed by atoms with E-state index < -0.39 is 0 Å². The molecule has 0 amide bonds. The Morgan fingerprint density at radius 3 is 3.12 bits per heavy atom. The Labute approximate surface area is 103 Å². The van der Waals surface area contributed by atoms with Crippen LogP contribution < -0.4 is 5.32 Å². The van der Waals surface area contributed by atoms with Crippen molar-refractivity contribution in [1.82, 2.24) is 15.2 Å². The van der Waals surface area contributed by atoms with Gasteiger partial charge in [0.1, 0.15) is 0 Å². The molecule has 4 heteroatoms. The van der Waals surface area contributed by atoms with E-state index in [4.69, 9.17) is 0 Å². The van der Waals surface area contributed by atoms with E-state index in [2.05, 4.69) is 35.1 Å². The minimum Gasteiger partial charge on any atom is -0.390 e. The predicted octanol–water partition coefficient (Wildman–Crippen LogP) is 0.626. The molecule has 1 unspecified atom stereocenters. The molecule has 1 aromatic rings. The molecule has 17 heavy (non-hydrogen) atoms. The lowest BCUT2D eigenvalue weighted by molar-refractivity contribution is 0.0705. The molecule has 1 aromatic heterocycles. The number of hydrogen-bond acceptors (Lipinski definition) is 4. The van der Waals surface area contributed by atoms with Crippen molar-refractivity contribution < 1.29 is 5.11 Å². The van der Waals surface area contributed by atoms with Gasteiger partial charge in [-0.1, -0.05) is 6.07 Å². The molecule has 4 nitrogen and oxygen atoms in total. The molecule has 1 aliphatic rings. The summed E-state index contributed by atoms with van der Waals surface area (Å²) in [4.78, 5) is 6.45. The van der Waals surface area contributed by atoms with E-state index in [-0.39, 0.29) is 11.6 Å². The molecule has 1 aliphatic heterocycles. The van der Waals surface area contributed by atoms with Gasteiger partial charge in [-0.05, 0) is 25.5 Å². The number of aliphatic hydroxyl groups excluding tert-OH is 1. The van der Waals surface area contributed by atoms with E-state index in [1.807, 2.05) is 12.3 Å². The third-order valence-corrected chi connectivity index (χ3v) is 3.32. The quantitative estimate of drug-likeness (QED) is 0.789. The number of nitrogens with one attached hydrogen (secondary N) is 1. The summed E-state index contributed by atoms with van der Waals surface area (Å²) < 4.78 is 0. The van der Waals surface area contributed by atoms with Crippen LogP contribution in [-0.4, -0.2) is 46.3 Å². The molecule has 1 saturated heterocycles. The van der Waals surface area contributed by atoms with Gasteiger partial charge in [0.25, 0.3) is 0 Å². The SMILES string of the molecule is CC1(C)CNCC(O)CN1Cc1cccnc1. The van der Waals surface area contributed by atoms with Crippen molar-refractivity contribution in [2.45, 2.75) is 32.0 Å². The first-order valence-electron chi connectivity index (χ1n) is 6.11. The number of β-amino-alcohol motifs (C(OH)–C–C–N with tert-alkyl or cyclic N) is 1. The number of nitrogens with zero attached hydrogens (tertiary/aromatic N) is 2. The number of aliphatic hydroxyl groups is 1. The molecule has 0 aromatic carbocycles. The molecule has 94 valence electrons. The van der Waals surface area contributed by atoms with Gasteiger partial charge in [0, 0.05) is 44.1 Å². The standard InChI is InChI=1S/C13H21N3O/c1-13(2)10-15-7-12(17)9-16(13)8-11-4-3-5-14-6-11/h3-6,12,15,17H,7-10H2,1-2H3. The van der Waals surface area contributed by atoms with Crippen molar-refractivity contribution in [3.8, 4) is 0 Å². The second-order valence-corrected chi connectivity index (χ2v) is 5.34. The summed E-state index contributed by atoms with van der Waals surface area (Å²) in [6.07, 6.45) is 3.38. The lowest BCUT2D eigenvalue weighted by atomic mass is 10.0. The van der Waals surface area contributed by atoms with Crippen molar-refractivity contribution in [3.05, 3.63) is 30.1 Å². The first-order chi connectivity index (χ1) is 8.08. The van der Waals surface area contributed by atoms with Gasteiger partial charge in [0.05, 0.1) is 6.10 Å². The van der Waals surface area contributed by atoms with Crippen LogP contribution in [0.25, 0.3) is 0 Å². The maximum atomic E-state index is 9.85. The Bertz CT molecular complexity index is 353. The molecule has 0 aliphatic carbocycles. The fourth-order valence-corrected chi connectivity index (χ4v) is 2.21. The minimum absolute atomic E-state index is 0.0489. The number of rotatable bonds is 2. The first-order valence-corrected chi connectivity index (χ1v) is 6.11. The summed E-state index contributed by atoms with van der Waals surface area (Å²) in [7, 11) is 0. The highest BCUT2D eigenvalue weighted by molar-refractivity contribution is 5.09. The fourth-order valence-electron chi connectivity index (χ4n) is 2.21. The Hall–Kier alpha value is -0.970. The van der Waals surface area contributed by atoms with Gasteiger partial charge in [-0.15, -0.1) is 0 Å². The Morgan fingerprint density at radius 2 is 2.41 bits per heavy atom. The third kappa shape index (κ3) is 3.25. The average molecular weight is 235 g/mol. The number of hydrogen-bond donors (Lipinski definition) is 2. The lowest BCUT2D eigenvalue weighted by Gasteiger charge is -2.37. The normalized spacial score (nSPS) is 25.5. The molecule has 0 bridgehead atoms. The molecule has 0 saturated carbocycles. The Morgan fingerprint density at radius 1 is 1.59 bits per heavy atom. The summed E-state index contributed by atoms with van der Waals surface area (Å²) in [5.41, 5.74) is 1.24. The van der Waals surface area contributed by atoms with Crippen molar-refractivity contribution in [2.24, 2.45) is 0 Å². The summed E-state index contributed by atoms with van der Waals surface area (Å²) in [6.45, 7) is 7.51. The number of pyridine rings is 1. The van der Waals surface area contributed by atoms with E-state index in [1.165, 1.54) is 5.56 Å². The topological polar surface area (TPSA) is 48.4 Å². The van der Waals surface area contributed by atoms with E-state index in [9.17, 15) is 5.11 Å². The highest BCUT2D eigenvalue weighted by atomic mass is 16.3. The Balaban J connectivity index is 2.11. The van der Waals surface area contributed by atoms with Crippen LogP contribution >= 0.6 is 0 Å². The van der Waals surface area contributed by atoms with Crippen molar-refractivity contribution in [1.29, 1.82) is 0 Å². The van der Waals surface area contributed by atoms with Crippen LogP contribution in [0.15, 0.2) is 24.5 Å². The second-order valence-electron chi connectivity index (χ2n) is 5.34. The zero-order valence-corrected chi connectivity index (χ0v) is 10.6. The van der Waals surface area contributed by atoms with Crippen molar-refractivity contribution in [2.75, 3.05) is 19.6 Å². The maximum absolute atomic E-state index is 9.85. The molecule has 1 atom stereocenters. The van der Waals surface area contributed by atoms with Crippen LogP contribution in [-0.2, 0) is 6.54 Å². The third-order valence-electron chi connectivity index (χ3n) is 3.32. The van der Waals surface area contributed by atoms with Crippen LogP contribution in [0.1, 0.15) is 19.4 Å². The highest BCUT2D eigenvalue weighted by Crippen LogP contribution is 2.19. The van der Waals surface area contributed by atoms with Crippen LogP contribution in [0.2, 0.25) is 0 Å². The van der Waals surface area contributed by atoms with Gasteiger partial charge in [-0.3, -0.25) is 9.88 Å². The predicted molar refractivity (Wildman–Crippen MR) is 67.6 cm³/mol. The highest BCUT2D eigenvalue weighted by Gasteiger charge is 2.30.